The smallest absolute Gasteiger partial charge is 0.312 e. The number of carbonyl (C=O) groups is 1. The van der Waals surface area contributed by atoms with Crippen molar-refractivity contribution in [2.75, 3.05) is 13.2 Å². The lowest BCUT2D eigenvalue weighted by molar-refractivity contribution is -0.191. The molecular weight excluding hydrogens is 304 g/mol. The topological polar surface area (TPSA) is 77.8 Å². The van der Waals surface area contributed by atoms with Gasteiger partial charge < -0.3 is 15.3 Å². The summed E-state index contributed by atoms with van der Waals surface area (Å²) < 4.78 is 0. The predicted molar refractivity (Wildman–Crippen MR) is 90.3 cm³/mol. The molecule has 0 aliphatic heterocycles. The van der Waals surface area contributed by atoms with Crippen molar-refractivity contribution in [3.8, 4) is 0 Å². The number of aliphatic hydroxyl groups excluding tert-OH is 2. The van der Waals surface area contributed by atoms with Crippen LogP contribution in [0.2, 0.25) is 0 Å². The van der Waals surface area contributed by atoms with Crippen molar-refractivity contribution < 1.29 is 20.1 Å². The zero-order chi connectivity index (χ0) is 17.2. The summed E-state index contributed by atoms with van der Waals surface area (Å²) >= 11 is 0. The van der Waals surface area contributed by atoms with Crippen LogP contribution in [0.15, 0.2) is 0 Å². The molecule has 4 saturated carbocycles. The fourth-order valence-corrected chi connectivity index (χ4v) is 8.12. The Hall–Kier alpha value is -0.610. The average Bonchev–Trinajstić information content (AvgIpc) is 2.83. The van der Waals surface area contributed by atoms with E-state index in [4.69, 9.17) is 0 Å². The van der Waals surface area contributed by atoms with E-state index in [1.54, 1.807) is 0 Å². The summed E-state index contributed by atoms with van der Waals surface area (Å²) in [6.07, 6.45) is 9.44. The quantitative estimate of drug-likeness (QED) is 0.740. The number of rotatable bonds is 3. The summed E-state index contributed by atoms with van der Waals surface area (Å²) in [5, 5.41) is 29.8. The fourth-order valence-electron chi connectivity index (χ4n) is 8.12. The van der Waals surface area contributed by atoms with E-state index in [1.807, 2.05) is 0 Å². The Bertz CT molecular complexity index is 534. The van der Waals surface area contributed by atoms with Crippen LogP contribution < -0.4 is 0 Å². The number of fused-ring (bicyclic) bond motifs is 3. The van der Waals surface area contributed by atoms with Crippen molar-refractivity contribution in [1.29, 1.82) is 0 Å². The van der Waals surface area contributed by atoms with E-state index in [1.165, 1.54) is 19.3 Å². The van der Waals surface area contributed by atoms with Gasteiger partial charge in [0.25, 0.3) is 0 Å². The molecule has 4 aliphatic rings. The van der Waals surface area contributed by atoms with Gasteiger partial charge in [-0.25, -0.2) is 0 Å². The lowest BCUT2D eigenvalue weighted by Crippen LogP contribution is -2.60. The van der Waals surface area contributed by atoms with Crippen molar-refractivity contribution in [2.45, 2.75) is 64.7 Å². The van der Waals surface area contributed by atoms with E-state index in [0.717, 1.165) is 32.1 Å². The lowest BCUT2D eigenvalue weighted by atomic mass is 9.41. The van der Waals surface area contributed by atoms with Gasteiger partial charge in [0.05, 0.1) is 12.0 Å². The van der Waals surface area contributed by atoms with Gasteiger partial charge in [0.1, 0.15) is 0 Å². The minimum atomic E-state index is -0.930. The maximum Gasteiger partial charge on any atom is 0.312 e. The molecular formula is C20H32O4. The van der Waals surface area contributed by atoms with Gasteiger partial charge in [-0.15, -0.1) is 0 Å². The maximum absolute atomic E-state index is 12.1. The summed E-state index contributed by atoms with van der Waals surface area (Å²) in [7, 11) is 0. The molecule has 4 nitrogen and oxygen atoms in total. The second-order valence-corrected chi connectivity index (χ2v) is 9.67. The predicted octanol–water partition coefficient (Wildman–Crippen LogP) is 3.06. The SMILES string of the molecule is CC12CCCC(CO)(C(=O)O)C1CCC13CC(CO)C(CCC12)C3. The molecule has 7 unspecified atom stereocenters. The molecule has 2 bridgehead atoms. The summed E-state index contributed by atoms with van der Waals surface area (Å²) in [5.41, 5.74) is -0.564. The van der Waals surface area contributed by atoms with Crippen LogP contribution in [0.5, 0.6) is 0 Å². The van der Waals surface area contributed by atoms with Gasteiger partial charge in [-0.2, -0.15) is 0 Å². The number of hydrogen-bond acceptors (Lipinski definition) is 3. The highest BCUT2D eigenvalue weighted by atomic mass is 16.4. The third-order valence-electron chi connectivity index (χ3n) is 9.04. The molecule has 0 aromatic heterocycles. The summed E-state index contributed by atoms with van der Waals surface area (Å²) in [5.74, 6) is 1.02. The second-order valence-electron chi connectivity index (χ2n) is 9.67. The van der Waals surface area contributed by atoms with Gasteiger partial charge in [0, 0.05) is 6.61 Å². The van der Waals surface area contributed by atoms with Crippen molar-refractivity contribution in [2.24, 2.45) is 39.9 Å². The molecule has 0 amide bonds. The summed E-state index contributed by atoms with van der Waals surface area (Å²) in [4.78, 5) is 12.1. The van der Waals surface area contributed by atoms with E-state index in [9.17, 15) is 20.1 Å². The monoisotopic (exact) mass is 336 g/mol. The third kappa shape index (κ3) is 1.96. The van der Waals surface area contributed by atoms with Crippen LogP contribution in [0.25, 0.3) is 0 Å². The van der Waals surface area contributed by atoms with Crippen LogP contribution in [-0.2, 0) is 4.79 Å². The van der Waals surface area contributed by atoms with Gasteiger partial charge in [-0.05, 0) is 85.9 Å². The van der Waals surface area contributed by atoms with Gasteiger partial charge >= 0.3 is 5.97 Å². The van der Waals surface area contributed by atoms with Crippen molar-refractivity contribution in [1.82, 2.24) is 0 Å². The average molecular weight is 336 g/mol. The molecule has 4 heteroatoms. The van der Waals surface area contributed by atoms with Gasteiger partial charge in [-0.3, -0.25) is 4.79 Å². The third-order valence-corrected chi connectivity index (χ3v) is 9.04. The Morgan fingerprint density at radius 3 is 2.50 bits per heavy atom. The summed E-state index contributed by atoms with van der Waals surface area (Å²) in [6, 6.07) is 0. The molecule has 136 valence electrons. The zero-order valence-electron chi connectivity index (χ0n) is 14.8. The molecule has 0 saturated heterocycles. The first-order chi connectivity index (χ1) is 11.4. The molecule has 7 atom stereocenters. The Morgan fingerprint density at radius 1 is 1.04 bits per heavy atom. The summed E-state index contributed by atoms with van der Waals surface area (Å²) in [6.45, 7) is 2.43. The fraction of sp³-hybridized carbons (Fsp3) is 0.950. The van der Waals surface area contributed by atoms with Crippen molar-refractivity contribution in [3.05, 3.63) is 0 Å². The van der Waals surface area contributed by atoms with E-state index < -0.39 is 11.4 Å². The Kier molecular flexibility index (Phi) is 3.82. The first-order valence-electron chi connectivity index (χ1n) is 9.87. The Balaban J connectivity index is 1.72. The van der Waals surface area contributed by atoms with Crippen LogP contribution in [0, 0.1) is 39.9 Å². The number of carboxylic acids is 1. The highest BCUT2D eigenvalue weighted by Gasteiger charge is 2.66. The zero-order valence-corrected chi connectivity index (χ0v) is 14.8. The molecule has 24 heavy (non-hydrogen) atoms. The van der Waals surface area contributed by atoms with Crippen LogP contribution in [0.3, 0.4) is 0 Å². The van der Waals surface area contributed by atoms with Crippen LogP contribution in [0.4, 0.5) is 0 Å². The molecule has 3 N–H and O–H groups in total. The Morgan fingerprint density at radius 2 is 1.83 bits per heavy atom. The van der Waals surface area contributed by atoms with Gasteiger partial charge in [0.15, 0.2) is 0 Å². The number of carboxylic acid groups (broad SMARTS) is 1. The molecule has 0 radical (unpaired) electrons. The van der Waals surface area contributed by atoms with Gasteiger partial charge in [-0.1, -0.05) is 13.3 Å². The highest BCUT2D eigenvalue weighted by Crippen LogP contribution is 2.72. The maximum atomic E-state index is 12.1. The molecule has 0 heterocycles. The van der Waals surface area contributed by atoms with E-state index in [-0.39, 0.29) is 17.9 Å². The molecule has 4 rings (SSSR count). The van der Waals surface area contributed by atoms with Gasteiger partial charge in [0.2, 0.25) is 0 Å². The first kappa shape index (κ1) is 16.8. The molecule has 0 aromatic carbocycles. The molecule has 4 aliphatic carbocycles. The van der Waals surface area contributed by atoms with Crippen molar-refractivity contribution in [3.63, 3.8) is 0 Å². The standard InChI is InChI=1S/C20H32O4/c1-18-6-2-7-20(12-22,17(23)24)16(18)5-8-19-9-13(3-4-15(18)19)14(10-19)11-21/h13-16,21-22H,2-12H2,1H3,(H,23,24). The number of hydrogen-bond donors (Lipinski definition) is 3. The van der Waals surface area contributed by atoms with E-state index in [0.29, 0.717) is 36.2 Å². The minimum absolute atomic E-state index is 0.0347. The largest absolute Gasteiger partial charge is 0.481 e. The normalized spacial score (nSPS) is 53.3. The molecule has 4 fully saturated rings. The lowest BCUT2D eigenvalue weighted by Gasteiger charge is -2.63. The van der Waals surface area contributed by atoms with E-state index >= 15 is 0 Å². The van der Waals surface area contributed by atoms with Crippen LogP contribution in [-0.4, -0.2) is 34.5 Å². The minimum Gasteiger partial charge on any atom is -0.481 e. The molecule has 0 aromatic rings. The van der Waals surface area contributed by atoms with E-state index in [2.05, 4.69) is 6.92 Å². The van der Waals surface area contributed by atoms with Crippen LogP contribution >= 0.6 is 0 Å². The molecule has 1 spiro atoms. The highest BCUT2D eigenvalue weighted by molar-refractivity contribution is 5.75. The van der Waals surface area contributed by atoms with Crippen molar-refractivity contribution >= 4 is 5.97 Å². The first-order valence-corrected chi connectivity index (χ1v) is 9.87. The second kappa shape index (κ2) is 5.44. The van der Waals surface area contributed by atoms with Crippen LogP contribution in [0.1, 0.15) is 64.7 Å². The number of aliphatic carboxylic acids is 1. The number of aliphatic hydroxyl groups is 2. The Labute approximate surface area is 144 Å².